The quantitative estimate of drug-likeness (QED) is 0.848. The van der Waals surface area contributed by atoms with Crippen molar-refractivity contribution >= 4 is 23.5 Å². The lowest BCUT2D eigenvalue weighted by atomic mass is 10.0. The number of Topliss-reactive ketones (excluding diaryl/α,β-unsaturated/α-hetero) is 1. The van der Waals surface area contributed by atoms with Crippen LogP contribution in [-0.2, 0) is 9.53 Å². The lowest BCUT2D eigenvalue weighted by Crippen LogP contribution is -2.51. The summed E-state index contributed by atoms with van der Waals surface area (Å²) in [5, 5.41) is 2.81. The lowest BCUT2D eigenvalue weighted by Gasteiger charge is -2.35. The summed E-state index contributed by atoms with van der Waals surface area (Å²) in [6, 6.07) is 6.22. The molecular weight excluding hydrogens is 320 g/mol. The maximum absolute atomic E-state index is 12.7. The number of likely N-dealkylation sites (tertiary alicyclic amines) is 1. The maximum Gasteiger partial charge on any atom is 0.410 e. The van der Waals surface area contributed by atoms with Gasteiger partial charge in [0, 0.05) is 17.8 Å². The molecular formula is C19H26N2O4. The van der Waals surface area contributed by atoms with Gasteiger partial charge in [0.15, 0.2) is 5.78 Å². The van der Waals surface area contributed by atoms with Crippen molar-refractivity contribution in [3.05, 3.63) is 29.8 Å². The molecule has 136 valence electrons. The Hall–Kier alpha value is -2.37. The molecule has 0 saturated carbocycles. The van der Waals surface area contributed by atoms with Gasteiger partial charge in [-0.15, -0.1) is 0 Å². The Bertz CT molecular complexity index is 664. The van der Waals surface area contributed by atoms with E-state index < -0.39 is 17.7 Å². The van der Waals surface area contributed by atoms with Crippen LogP contribution in [0.2, 0.25) is 0 Å². The van der Waals surface area contributed by atoms with Gasteiger partial charge >= 0.3 is 6.09 Å². The number of hydrogen-bond donors (Lipinski definition) is 1. The minimum atomic E-state index is -0.606. The van der Waals surface area contributed by atoms with E-state index in [9.17, 15) is 14.4 Å². The second-order valence-corrected chi connectivity index (χ2v) is 7.31. The zero-order valence-corrected chi connectivity index (χ0v) is 15.3. The number of carbonyl (C=O) groups is 3. The van der Waals surface area contributed by atoms with E-state index in [1.165, 1.54) is 11.8 Å². The molecule has 0 aliphatic carbocycles. The Kier molecular flexibility index (Phi) is 5.82. The topological polar surface area (TPSA) is 75.7 Å². The molecule has 1 aliphatic heterocycles. The van der Waals surface area contributed by atoms with E-state index in [4.69, 9.17) is 4.74 Å². The first kappa shape index (κ1) is 19.0. The van der Waals surface area contributed by atoms with Crippen LogP contribution in [0.15, 0.2) is 24.3 Å². The smallest absolute Gasteiger partial charge is 0.410 e. The monoisotopic (exact) mass is 346 g/mol. The van der Waals surface area contributed by atoms with Crippen LogP contribution in [0.1, 0.15) is 57.3 Å². The zero-order chi connectivity index (χ0) is 18.6. The van der Waals surface area contributed by atoms with E-state index in [2.05, 4.69) is 5.32 Å². The maximum atomic E-state index is 12.7. The Balaban J connectivity index is 2.11. The number of carbonyl (C=O) groups excluding carboxylic acids is 3. The third-order valence-corrected chi connectivity index (χ3v) is 3.97. The molecule has 2 amide bonds. The number of ether oxygens (including phenoxy) is 1. The van der Waals surface area contributed by atoms with Gasteiger partial charge in [0.1, 0.15) is 11.6 Å². The Morgan fingerprint density at radius 1 is 1.20 bits per heavy atom. The summed E-state index contributed by atoms with van der Waals surface area (Å²) in [6.07, 6.45) is 1.86. The van der Waals surface area contributed by atoms with E-state index in [1.54, 1.807) is 45.0 Å². The molecule has 0 radical (unpaired) electrons. The molecule has 1 heterocycles. The van der Waals surface area contributed by atoms with Crippen LogP contribution >= 0.6 is 0 Å². The summed E-state index contributed by atoms with van der Waals surface area (Å²) in [7, 11) is 0. The largest absolute Gasteiger partial charge is 0.444 e. The fourth-order valence-electron chi connectivity index (χ4n) is 2.78. The van der Waals surface area contributed by atoms with Gasteiger partial charge in [-0.2, -0.15) is 0 Å². The van der Waals surface area contributed by atoms with Gasteiger partial charge in [0.25, 0.3) is 0 Å². The minimum absolute atomic E-state index is 0.0656. The van der Waals surface area contributed by atoms with E-state index in [-0.39, 0.29) is 11.7 Å². The molecule has 1 aromatic carbocycles. The number of nitrogens with zero attached hydrogens (tertiary/aromatic N) is 1. The number of hydrogen-bond acceptors (Lipinski definition) is 4. The van der Waals surface area contributed by atoms with E-state index in [0.29, 0.717) is 24.2 Å². The number of rotatable bonds is 3. The van der Waals surface area contributed by atoms with Gasteiger partial charge in [-0.25, -0.2) is 4.79 Å². The molecule has 1 fully saturated rings. The van der Waals surface area contributed by atoms with Gasteiger partial charge in [0.05, 0.1) is 0 Å². The standard InChI is InChI=1S/C19H26N2O4/c1-13(22)14-8-7-9-15(12-14)20-17(23)16-10-5-6-11-21(16)18(24)25-19(2,3)4/h7-9,12,16H,5-6,10-11H2,1-4H3,(H,20,23). The molecule has 2 rings (SSSR count). The summed E-state index contributed by atoms with van der Waals surface area (Å²) in [5.74, 6) is -0.324. The number of nitrogens with one attached hydrogen (secondary N) is 1. The molecule has 0 aromatic heterocycles. The van der Waals surface area contributed by atoms with Crippen molar-refractivity contribution in [1.82, 2.24) is 4.90 Å². The van der Waals surface area contributed by atoms with Gasteiger partial charge in [-0.3, -0.25) is 14.5 Å². The predicted molar refractivity (Wildman–Crippen MR) is 95.7 cm³/mol. The van der Waals surface area contributed by atoms with Gasteiger partial charge < -0.3 is 10.1 Å². The number of ketones is 1. The normalized spacial score (nSPS) is 17.8. The molecule has 1 aliphatic rings. The average Bonchev–Trinajstić information content (AvgIpc) is 2.53. The predicted octanol–water partition coefficient (Wildman–Crippen LogP) is 3.62. The van der Waals surface area contributed by atoms with Crippen molar-refractivity contribution in [3.63, 3.8) is 0 Å². The molecule has 1 saturated heterocycles. The van der Waals surface area contributed by atoms with Crippen LogP contribution in [0.5, 0.6) is 0 Å². The summed E-state index contributed by atoms with van der Waals surface area (Å²) in [4.78, 5) is 38.1. The number of piperidine rings is 1. The van der Waals surface area contributed by atoms with Crippen molar-refractivity contribution in [1.29, 1.82) is 0 Å². The molecule has 1 unspecified atom stereocenters. The highest BCUT2D eigenvalue weighted by molar-refractivity contribution is 5.99. The first-order chi connectivity index (χ1) is 11.7. The molecule has 25 heavy (non-hydrogen) atoms. The molecule has 0 bridgehead atoms. The van der Waals surface area contributed by atoms with Crippen LogP contribution < -0.4 is 5.32 Å². The highest BCUT2D eigenvalue weighted by Crippen LogP contribution is 2.22. The zero-order valence-electron chi connectivity index (χ0n) is 15.3. The Labute approximate surface area is 148 Å². The van der Waals surface area contributed by atoms with Crippen molar-refractivity contribution in [3.8, 4) is 0 Å². The molecule has 6 heteroatoms. The average molecular weight is 346 g/mol. The van der Waals surface area contributed by atoms with Crippen molar-refractivity contribution in [2.24, 2.45) is 0 Å². The summed E-state index contributed by atoms with van der Waals surface area (Å²) < 4.78 is 5.42. The van der Waals surface area contributed by atoms with Crippen LogP contribution in [0.4, 0.5) is 10.5 Å². The van der Waals surface area contributed by atoms with Crippen molar-refractivity contribution < 1.29 is 19.1 Å². The molecule has 1 aromatic rings. The van der Waals surface area contributed by atoms with Crippen molar-refractivity contribution in [2.75, 3.05) is 11.9 Å². The first-order valence-electron chi connectivity index (χ1n) is 8.59. The SMILES string of the molecule is CC(=O)c1cccc(NC(=O)C2CCCCN2C(=O)OC(C)(C)C)c1. The van der Waals surface area contributed by atoms with E-state index in [0.717, 1.165) is 12.8 Å². The third kappa shape index (κ3) is 5.31. The second-order valence-electron chi connectivity index (χ2n) is 7.31. The molecule has 0 spiro atoms. The summed E-state index contributed by atoms with van der Waals surface area (Å²) in [6.45, 7) is 7.39. The van der Waals surface area contributed by atoms with Crippen LogP contribution in [0.25, 0.3) is 0 Å². The Morgan fingerprint density at radius 3 is 2.56 bits per heavy atom. The van der Waals surface area contributed by atoms with Crippen LogP contribution in [0.3, 0.4) is 0 Å². The fraction of sp³-hybridized carbons (Fsp3) is 0.526. The van der Waals surface area contributed by atoms with Gasteiger partial charge in [0.2, 0.25) is 5.91 Å². The van der Waals surface area contributed by atoms with E-state index >= 15 is 0 Å². The number of benzene rings is 1. The third-order valence-electron chi connectivity index (χ3n) is 3.97. The lowest BCUT2D eigenvalue weighted by molar-refractivity contribution is -0.122. The van der Waals surface area contributed by atoms with Crippen molar-refractivity contribution in [2.45, 2.75) is 58.6 Å². The number of anilines is 1. The minimum Gasteiger partial charge on any atom is -0.444 e. The molecule has 6 nitrogen and oxygen atoms in total. The highest BCUT2D eigenvalue weighted by atomic mass is 16.6. The van der Waals surface area contributed by atoms with Crippen LogP contribution in [0, 0.1) is 0 Å². The highest BCUT2D eigenvalue weighted by Gasteiger charge is 2.34. The second kappa shape index (κ2) is 7.68. The van der Waals surface area contributed by atoms with Crippen LogP contribution in [-0.4, -0.2) is 40.9 Å². The summed E-state index contributed by atoms with van der Waals surface area (Å²) in [5.41, 5.74) is 0.476. The number of amides is 2. The van der Waals surface area contributed by atoms with E-state index in [1.807, 2.05) is 0 Å². The van der Waals surface area contributed by atoms with Gasteiger partial charge in [-0.05, 0) is 59.1 Å². The summed E-state index contributed by atoms with van der Waals surface area (Å²) >= 11 is 0. The first-order valence-corrected chi connectivity index (χ1v) is 8.59. The Morgan fingerprint density at radius 2 is 1.92 bits per heavy atom. The van der Waals surface area contributed by atoms with Gasteiger partial charge in [-0.1, -0.05) is 12.1 Å². The molecule has 1 atom stereocenters. The fourth-order valence-corrected chi connectivity index (χ4v) is 2.78. The molecule has 1 N–H and O–H groups in total.